The van der Waals surface area contributed by atoms with Crippen LogP contribution in [0.5, 0.6) is 44.3 Å². The largest absolute Gasteiger partial charge is 1.00 e. The zero-order valence-electron chi connectivity index (χ0n) is 75.6. The van der Waals surface area contributed by atoms with Crippen molar-refractivity contribution in [2.75, 3.05) is 62.9 Å². The van der Waals surface area contributed by atoms with Crippen molar-refractivity contribution in [1.82, 2.24) is 39.7 Å². The second-order valence-electron chi connectivity index (χ2n) is 36.9. The molecule has 8 heterocycles. The molecule has 30 nitrogen and oxygen atoms in total. The quantitative estimate of drug-likeness (QED) is 0.0176. The zero-order chi connectivity index (χ0) is 92.2. The van der Waals surface area contributed by atoms with Crippen molar-refractivity contribution in [2.24, 2.45) is 69.0 Å². The Balaban J connectivity index is 0.000000182. The molecule has 692 valence electrons. The second-order valence-corrected chi connectivity index (χ2v) is 40.1. The fourth-order valence-corrected chi connectivity index (χ4v) is 21.4. The van der Waals surface area contributed by atoms with Crippen molar-refractivity contribution in [3.8, 4) is 78.5 Å². The summed E-state index contributed by atoms with van der Waals surface area (Å²) in [6.45, 7) is 19.1. The van der Waals surface area contributed by atoms with E-state index in [9.17, 15) is 48.3 Å². The number of aromatic amines is 1. The molecule has 9 aromatic rings. The molecule has 6 saturated carbocycles. The molecule has 2 aliphatic heterocycles. The number of halogens is 2. The normalized spacial score (nSPS) is 24.4. The Morgan fingerprint density at radius 3 is 1.31 bits per heavy atom. The minimum absolute atomic E-state index is 0. The molecule has 6 aromatic heterocycles. The Labute approximate surface area is 792 Å². The number of thiazole rings is 3. The van der Waals surface area contributed by atoms with E-state index in [4.69, 9.17) is 85.3 Å². The average molecular weight is 1890 g/mol. The predicted octanol–water partition coefficient (Wildman–Crippen LogP) is 13.6. The van der Waals surface area contributed by atoms with Gasteiger partial charge in [-0.05, 0) is 134 Å². The number of Topliss-reactive ketones (excluding diaryl/α,β-unsaturated/α-hetero) is 2. The number of pyridine rings is 3. The molecule has 2 unspecified atom stereocenters. The predicted molar refractivity (Wildman–Crippen MR) is 489 cm³/mol. The topological polar surface area (TPSA) is 392 Å². The van der Waals surface area contributed by atoms with Crippen LogP contribution in [-0.2, 0) is 52.6 Å². The van der Waals surface area contributed by atoms with Crippen LogP contribution < -0.4 is 62.2 Å². The van der Waals surface area contributed by atoms with Crippen molar-refractivity contribution < 1.29 is 120 Å². The summed E-state index contributed by atoms with van der Waals surface area (Å²) in [6.07, 6.45) is 7.93. The maximum atomic E-state index is 14.8. The van der Waals surface area contributed by atoms with E-state index in [-0.39, 0.29) is 139 Å². The SMILES string of the molecule is C=C[C@@H]1C[C@]1(CC(=O)[C@@H]1C[C@@H](Oc2cc(-c3csc(OC)n3)nc3c(Cl)c(OC)ccc23)CN1C(=O)[C@@H](CC(=O)OC1C[C@@H]2C[C@@H]2C1)C(C)(C)C)C(=O)O.C=C[C@@H]1C[C@]1(CC(=O)[C@@H]1C[C@@H](Oc2cc(-c3csc(OC)n3)nc3c(Cl)c(OC)ccc23)CN1C(=O)[C@@H](CC(=O)OC1C[C@@H]2C[C@@H]2C1)C(C)(C)C)C(=O)OC.COc1ccc2c(=O)cc(-c3csc(OC)n3)[nH]c2c1.[Li+].[OH-]. The molecule has 0 bridgehead atoms. The number of esters is 3. The van der Waals surface area contributed by atoms with Gasteiger partial charge in [0.2, 0.25) is 11.8 Å². The number of allylic oxidation sites excluding steroid dienone is 2. The molecule has 16 atom stereocenters. The summed E-state index contributed by atoms with van der Waals surface area (Å²) in [6, 6.07) is 15.5. The molecule has 17 rings (SSSR count). The molecule has 2 amide bonds. The van der Waals surface area contributed by atoms with Crippen molar-refractivity contribution in [3.05, 3.63) is 122 Å². The van der Waals surface area contributed by atoms with Gasteiger partial charge in [0.25, 0.3) is 15.6 Å². The van der Waals surface area contributed by atoms with Gasteiger partial charge in [0, 0.05) is 82.2 Å². The summed E-state index contributed by atoms with van der Waals surface area (Å²) in [5.74, 6) is -0.965. The summed E-state index contributed by atoms with van der Waals surface area (Å²) < 4.78 is 62.1. The third kappa shape index (κ3) is 20.9. The van der Waals surface area contributed by atoms with Gasteiger partial charge in [-0.3, -0.25) is 43.2 Å². The Bertz CT molecular complexity index is 5930. The number of hydrogen-bond donors (Lipinski definition) is 2. The van der Waals surface area contributed by atoms with Gasteiger partial charge in [-0.2, -0.15) is 0 Å². The maximum Gasteiger partial charge on any atom is 1.00 e. The van der Waals surface area contributed by atoms with E-state index in [1.54, 1.807) is 97.3 Å². The Hall–Kier alpha value is -10.2. The van der Waals surface area contributed by atoms with Crippen LogP contribution in [-0.4, -0.2) is 197 Å². The summed E-state index contributed by atoms with van der Waals surface area (Å²) in [5.41, 5.74) is 1.29. The van der Waals surface area contributed by atoms with Gasteiger partial charge in [-0.1, -0.05) is 111 Å². The van der Waals surface area contributed by atoms with Crippen LogP contribution in [0.3, 0.4) is 0 Å². The number of aromatic nitrogens is 6. The van der Waals surface area contributed by atoms with E-state index in [0.29, 0.717) is 142 Å². The van der Waals surface area contributed by atoms with Crippen LogP contribution >= 0.6 is 57.2 Å². The first kappa shape index (κ1) is 98.3. The van der Waals surface area contributed by atoms with Gasteiger partial charge < -0.3 is 77.5 Å². The molecule has 3 aromatic carbocycles. The molecule has 8 fully saturated rings. The standard InChI is InChI=1S/C41H48ClN3O9S.C40H46ClN3O9S.C14H12N2O3S.Li.H2O/c1-8-23-17-41(23,38(49)51-6)18-31(46)30-14-25(19-45(30)37(48)27(40(2,3)4)15-34(47)54-24-12-21-11-22(21)13-24)53-33-16-28(29-20-55-39(44-29)52-7)43-36-26(33)9-10-32(50-5)35(36)42;1-7-22-16-40(22,37(48)49)17-30(45)29-13-24(18-44(29)36(47)26(39(2,3)4)14-33(46)53-23-11-20-10-21(20)12-23)52-32-15-27(28-19-54-38(43-28)51-6)42-35-25(32)8-9-31(50-5)34(35)41;1-18-8-3-4-9-10(5-8)15-11(6-13(9)17)12-7-20-14(16-12)19-2;;/h8-10,16,20-25,27,30H,1,11-15,17-19H2,2-7H3;7-9,15,19-24,26,29H,1,10-14,16-18H2,2-6H3,(H,48,49);3-7H,1-2H3,(H,15,17);;1H2/q;;;+1;/p-1/t21-,22+,23-,24?,25-,27-,30+,41-;20-,21+,22-,23?,24-,26-,29+,40-;;;/m11.../s1. The number of carbonyl (C=O) groups is 8. The number of benzene rings is 3. The first-order chi connectivity index (χ1) is 61.5. The molecular weight excluding hydrogens is 1780 g/mol. The molecule has 0 spiro atoms. The Morgan fingerprint density at radius 2 is 0.931 bits per heavy atom. The number of nitrogens with zero attached hydrogens (tertiary/aromatic N) is 7. The van der Waals surface area contributed by atoms with Crippen LogP contribution in [0.1, 0.15) is 131 Å². The number of ether oxygens (including phenoxy) is 11. The number of amides is 2. The fraction of sp³-hybridized carbons (Fsp3) is 0.495. The minimum atomic E-state index is -1.26. The van der Waals surface area contributed by atoms with Gasteiger partial charge in [0.1, 0.15) is 80.3 Å². The van der Waals surface area contributed by atoms with Gasteiger partial charge in [0.15, 0.2) is 17.0 Å². The average Bonchev–Trinajstić information content (AvgIpc) is 1.59. The number of carbonyl (C=O) groups excluding carboxylic acids is 7. The van der Waals surface area contributed by atoms with Crippen LogP contribution in [0, 0.1) is 69.0 Å². The summed E-state index contributed by atoms with van der Waals surface area (Å²) in [4.78, 5) is 152. The van der Waals surface area contributed by atoms with Crippen molar-refractivity contribution >= 4 is 137 Å². The molecule has 36 heteroatoms. The first-order valence-corrected chi connectivity index (χ1v) is 46.5. The molecule has 131 heavy (non-hydrogen) atoms. The number of fused-ring (bicyclic) bond motifs is 5. The van der Waals surface area contributed by atoms with Crippen LogP contribution in [0.4, 0.5) is 0 Å². The minimum Gasteiger partial charge on any atom is -0.870 e. The number of H-pyrrole nitrogens is 1. The van der Waals surface area contributed by atoms with E-state index in [2.05, 4.69) is 33.1 Å². The van der Waals surface area contributed by atoms with Gasteiger partial charge in [-0.15, -0.1) is 13.2 Å². The van der Waals surface area contributed by atoms with Crippen LogP contribution in [0.15, 0.2) is 107 Å². The zero-order valence-corrected chi connectivity index (χ0v) is 79.6. The Morgan fingerprint density at radius 1 is 0.519 bits per heavy atom. The smallest absolute Gasteiger partial charge is 0.870 e. The number of ketones is 2. The fourth-order valence-electron chi connectivity index (χ4n) is 18.9. The van der Waals surface area contributed by atoms with E-state index in [1.165, 1.54) is 87.3 Å². The van der Waals surface area contributed by atoms with Crippen LogP contribution in [0.2, 0.25) is 10.0 Å². The summed E-state index contributed by atoms with van der Waals surface area (Å²) in [5, 5.41) is 19.4. The number of carboxylic acids is 1. The molecule has 8 aliphatic rings. The number of aliphatic carboxylic acids is 1. The monoisotopic (exact) mass is 1880 g/mol. The van der Waals surface area contributed by atoms with E-state index in [1.807, 2.05) is 52.3 Å². The van der Waals surface area contributed by atoms with Gasteiger partial charge >= 0.3 is 42.7 Å². The van der Waals surface area contributed by atoms with Gasteiger partial charge in [0.05, 0.1) is 144 Å². The van der Waals surface area contributed by atoms with Crippen molar-refractivity contribution in [1.29, 1.82) is 0 Å². The third-order valence-electron chi connectivity index (χ3n) is 26.6. The number of nitrogens with one attached hydrogen (secondary N) is 1. The van der Waals surface area contributed by atoms with Crippen molar-refractivity contribution in [2.45, 2.75) is 168 Å². The number of rotatable bonds is 31. The van der Waals surface area contributed by atoms with E-state index >= 15 is 0 Å². The summed E-state index contributed by atoms with van der Waals surface area (Å²) in [7, 11) is 10.6. The molecule has 2 saturated heterocycles. The van der Waals surface area contributed by atoms with E-state index < -0.39 is 81.7 Å². The number of hydrogen-bond acceptors (Lipinski definition) is 29. The maximum absolute atomic E-state index is 14.8. The molecular formula is C95H107Cl2LiN8O22S3. The summed E-state index contributed by atoms with van der Waals surface area (Å²) >= 11 is 17.6. The number of likely N-dealkylation sites (tertiary alicyclic amines) is 2. The van der Waals surface area contributed by atoms with Gasteiger partial charge in [-0.25, -0.2) is 24.9 Å². The Kier molecular flexibility index (Phi) is 29.9. The second kappa shape index (κ2) is 39.9. The van der Waals surface area contributed by atoms with E-state index in [0.717, 1.165) is 31.2 Å². The van der Waals surface area contributed by atoms with Crippen LogP contribution in [0.25, 0.3) is 66.9 Å². The first-order valence-electron chi connectivity index (χ1n) is 43.1. The molecule has 6 aliphatic carbocycles. The molecule has 0 radical (unpaired) electrons. The third-order valence-corrected chi connectivity index (χ3v) is 29.8. The molecule has 3 N–H and O–H groups in total. The van der Waals surface area contributed by atoms with Crippen molar-refractivity contribution in [3.63, 3.8) is 0 Å². The number of methoxy groups -OCH3 is 7. The number of carboxylic acid groups (broad SMARTS) is 1.